The van der Waals surface area contributed by atoms with E-state index in [0.717, 1.165) is 10.6 Å². The summed E-state index contributed by atoms with van der Waals surface area (Å²) in [6.07, 6.45) is 1.00. The summed E-state index contributed by atoms with van der Waals surface area (Å²) in [7, 11) is 3.08. The number of methoxy groups -OCH3 is 2. The van der Waals surface area contributed by atoms with Gasteiger partial charge in [-0.25, -0.2) is 4.39 Å². The fourth-order valence-electron chi connectivity index (χ4n) is 5.28. The molecular weight excluding hydrogens is 491 g/mol. The highest BCUT2D eigenvalue weighted by molar-refractivity contribution is 7.10. The third-order valence-corrected chi connectivity index (χ3v) is 7.88. The second-order valence-electron chi connectivity index (χ2n) is 9.08. The van der Waals surface area contributed by atoms with Crippen LogP contribution in [0.2, 0.25) is 0 Å². The summed E-state index contributed by atoms with van der Waals surface area (Å²) < 4.78 is 25.1. The largest absolute Gasteiger partial charge is 0.493 e. The van der Waals surface area contributed by atoms with Crippen molar-refractivity contribution in [3.8, 4) is 11.5 Å². The Morgan fingerprint density at radius 3 is 2.59 bits per heavy atom. The highest BCUT2D eigenvalue weighted by atomic mass is 32.1. The van der Waals surface area contributed by atoms with E-state index in [0.29, 0.717) is 52.4 Å². The van der Waals surface area contributed by atoms with Crippen LogP contribution in [0.5, 0.6) is 11.5 Å². The van der Waals surface area contributed by atoms with Crippen LogP contribution in [0, 0.1) is 5.82 Å². The van der Waals surface area contributed by atoms with E-state index in [1.165, 1.54) is 25.3 Å². The van der Waals surface area contributed by atoms with Gasteiger partial charge in [0.05, 0.1) is 20.1 Å². The molecule has 2 aromatic carbocycles. The molecule has 2 N–H and O–H groups in total. The standard InChI is InChI=1S/C29H27FN2O4S/c1-16-25(29(34)32-19-8-4-7-18(30)15-19)26(20-9-5-10-23(35-2)28(20)36-3)27-21(31-16)13-17(14-22(27)33)24-11-6-12-37-24/h4-12,15,17,26,31H,13-14H2,1-3H3,(H,32,34)/t17-,26+/m1/s1. The zero-order valence-corrected chi connectivity index (χ0v) is 21.6. The quantitative estimate of drug-likeness (QED) is 0.425. The fraction of sp³-hybridized carbons (Fsp3) is 0.241. The topological polar surface area (TPSA) is 76.7 Å². The number of allylic oxidation sites excluding steroid dienone is 3. The molecular formula is C29H27FN2O4S. The number of benzene rings is 2. The van der Waals surface area contributed by atoms with E-state index in [4.69, 9.17) is 9.47 Å². The molecule has 0 unspecified atom stereocenters. The lowest BCUT2D eigenvalue weighted by atomic mass is 9.72. The van der Waals surface area contributed by atoms with E-state index >= 15 is 0 Å². The van der Waals surface area contributed by atoms with Gasteiger partial charge in [0.2, 0.25) is 0 Å². The van der Waals surface area contributed by atoms with Crippen LogP contribution in [0.15, 0.2) is 82.5 Å². The first kappa shape index (κ1) is 24.8. The molecule has 2 aliphatic rings. The molecule has 0 fully saturated rings. The molecule has 1 amide bonds. The van der Waals surface area contributed by atoms with E-state index in [1.807, 2.05) is 30.5 Å². The third-order valence-electron chi connectivity index (χ3n) is 6.84. The average Bonchev–Trinajstić information content (AvgIpc) is 3.42. The smallest absolute Gasteiger partial charge is 0.254 e. The maximum absolute atomic E-state index is 13.8. The Labute approximate surface area is 218 Å². The molecule has 0 spiro atoms. The summed E-state index contributed by atoms with van der Waals surface area (Å²) in [5.41, 5.74) is 3.34. The lowest BCUT2D eigenvalue weighted by Crippen LogP contribution is -2.37. The molecule has 2 heterocycles. The lowest BCUT2D eigenvalue weighted by Gasteiger charge is -2.37. The average molecular weight is 519 g/mol. The molecule has 6 nitrogen and oxygen atoms in total. The summed E-state index contributed by atoms with van der Waals surface area (Å²) in [6.45, 7) is 1.82. The van der Waals surface area contributed by atoms with E-state index in [-0.39, 0.29) is 11.7 Å². The monoisotopic (exact) mass is 518 g/mol. The van der Waals surface area contributed by atoms with E-state index in [2.05, 4.69) is 16.7 Å². The van der Waals surface area contributed by atoms with Gasteiger partial charge in [-0.2, -0.15) is 0 Å². The van der Waals surface area contributed by atoms with Gasteiger partial charge in [-0.05, 0) is 49.1 Å². The van der Waals surface area contributed by atoms with Crippen LogP contribution in [-0.2, 0) is 9.59 Å². The van der Waals surface area contributed by atoms with Gasteiger partial charge in [0, 0.05) is 51.0 Å². The van der Waals surface area contributed by atoms with Crippen molar-refractivity contribution in [2.24, 2.45) is 0 Å². The van der Waals surface area contributed by atoms with Crippen molar-refractivity contribution >= 4 is 28.7 Å². The number of ether oxygens (including phenoxy) is 2. The van der Waals surface area contributed by atoms with Crippen LogP contribution in [0.4, 0.5) is 10.1 Å². The van der Waals surface area contributed by atoms with Crippen LogP contribution in [0.25, 0.3) is 0 Å². The number of hydrogen-bond acceptors (Lipinski definition) is 6. The summed E-state index contributed by atoms with van der Waals surface area (Å²) in [5, 5.41) is 8.20. The molecule has 5 rings (SSSR count). The van der Waals surface area contributed by atoms with Crippen molar-refractivity contribution in [1.29, 1.82) is 0 Å². The molecule has 1 aromatic heterocycles. The number of nitrogens with one attached hydrogen (secondary N) is 2. The minimum Gasteiger partial charge on any atom is -0.493 e. The number of amides is 1. The van der Waals surface area contributed by atoms with Gasteiger partial charge < -0.3 is 20.1 Å². The van der Waals surface area contributed by atoms with Crippen LogP contribution in [0.1, 0.15) is 42.0 Å². The van der Waals surface area contributed by atoms with Gasteiger partial charge >= 0.3 is 0 Å². The van der Waals surface area contributed by atoms with Crippen LogP contribution in [-0.4, -0.2) is 25.9 Å². The number of para-hydroxylation sites is 1. The van der Waals surface area contributed by atoms with Gasteiger partial charge in [0.25, 0.3) is 5.91 Å². The first-order valence-corrected chi connectivity index (χ1v) is 12.8. The fourth-order valence-corrected chi connectivity index (χ4v) is 6.11. The predicted molar refractivity (Wildman–Crippen MR) is 141 cm³/mol. The van der Waals surface area contributed by atoms with Crippen molar-refractivity contribution in [1.82, 2.24) is 5.32 Å². The Hall–Kier alpha value is -3.91. The van der Waals surface area contributed by atoms with Crippen molar-refractivity contribution in [2.45, 2.75) is 31.6 Å². The molecule has 1 aliphatic heterocycles. The predicted octanol–water partition coefficient (Wildman–Crippen LogP) is 5.90. The van der Waals surface area contributed by atoms with Gasteiger partial charge in [-0.3, -0.25) is 9.59 Å². The summed E-state index contributed by atoms with van der Waals surface area (Å²) in [6, 6.07) is 15.2. The van der Waals surface area contributed by atoms with E-state index in [9.17, 15) is 14.0 Å². The van der Waals surface area contributed by atoms with Gasteiger partial charge in [-0.15, -0.1) is 11.3 Å². The SMILES string of the molecule is COc1cccc([C@H]2C(C(=O)Nc3cccc(F)c3)=C(C)NC3=C2C(=O)C[C@H](c2cccs2)C3)c1OC. The molecule has 0 saturated heterocycles. The zero-order chi connectivity index (χ0) is 26.1. The number of Topliss-reactive ketones (excluding diaryl/α,β-unsaturated/α-hetero) is 1. The number of hydrogen-bond donors (Lipinski definition) is 2. The second-order valence-corrected chi connectivity index (χ2v) is 10.1. The minimum absolute atomic E-state index is 0.0226. The number of anilines is 1. The zero-order valence-electron chi connectivity index (χ0n) is 20.8. The van der Waals surface area contributed by atoms with Gasteiger partial charge in [0.1, 0.15) is 5.82 Å². The third kappa shape index (κ3) is 4.64. The number of rotatable bonds is 6. The van der Waals surface area contributed by atoms with Gasteiger partial charge in [0.15, 0.2) is 17.3 Å². The highest BCUT2D eigenvalue weighted by Crippen LogP contribution is 2.49. The van der Waals surface area contributed by atoms with Gasteiger partial charge in [-0.1, -0.05) is 24.3 Å². The molecule has 0 radical (unpaired) electrons. The lowest BCUT2D eigenvalue weighted by molar-refractivity contribution is -0.116. The normalized spacial score (nSPS) is 19.3. The number of ketones is 1. The molecule has 0 saturated carbocycles. The Morgan fingerprint density at radius 1 is 1.08 bits per heavy atom. The molecule has 190 valence electrons. The molecule has 3 aromatic rings. The van der Waals surface area contributed by atoms with E-state index in [1.54, 1.807) is 30.6 Å². The molecule has 8 heteroatoms. The molecule has 2 atom stereocenters. The number of thiophene rings is 1. The van der Waals surface area contributed by atoms with Crippen LogP contribution in [0.3, 0.4) is 0 Å². The van der Waals surface area contributed by atoms with Crippen LogP contribution >= 0.6 is 11.3 Å². The number of halogens is 1. The Balaban J connectivity index is 1.63. The number of carbonyl (C=O) groups is 2. The maximum Gasteiger partial charge on any atom is 0.254 e. The Kier molecular flexibility index (Phi) is 6.84. The molecule has 0 bridgehead atoms. The molecule has 1 aliphatic carbocycles. The number of dihydropyridines is 1. The summed E-state index contributed by atoms with van der Waals surface area (Å²) in [4.78, 5) is 28.7. The van der Waals surface area contributed by atoms with Crippen molar-refractivity contribution in [2.75, 3.05) is 19.5 Å². The summed E-state index contributed by atoms with van der Waals surface area (Å²) >= 11 is 1.64. The van der Waals surface area contributed by atoms with Crippen molar-refractivity contribution in [3.05, 3.63) is 98.8 Å². The Bertz CT molecular complexity index is 1430. The van der Waals surface area contributed by atoms with Crippen LogP contribution < -0.4 is 20.1 Å². The maximum atomic E-state index is 13.8. The van der Waals surface area contributed by atoms with E-state index < -0.39 is 17.6 Å². The highest BCUT2D eigenvalue weighted by Gasteiger charge is 2.42. The van der Waals surface area contributed by atoms with Crippen molar-refractivity contribution < 1.29 is 23.5 Å². The van der Waals surface area contributed by atoms with Crippen molar-refractivity contribution in [3.63, 3.8) is 0 Å². The Morgan fingerprint density at radius 2 is 1.89 bits per heavy atom. The summed E-state index contributed by atoms with van der Waals surface area (Å²) in [5.74, 6) is -0.559. The first-order chi connectivity index (χ1) is 17.9. The molecule has 37 heavy (non-hydrogen) atoms. The first-order valence-electron chi connectivity index (χ1n) is 12.0. The number of carbonyl (C=O) groups excluding carboxylic acids is 2. The minimum atomic E-state index is -0.688. The second kappa shape index (κ2) is 10.2.